The maximum Gasteiger partial charge on any atom is 0.332 e. The van der Waals surface area contributed by atoms with Crippen molar-refractivity contribution < 1.29 is 0 Å². The Morgan fingerprint density at radius 3 is 2.35 bits per heavy atom. The van der Waals surface area contributed by atoms with Crippen LogP contribution in [0.4, 0.5) is 5.95 Å². The second kappa shape index (κ2) is 5.42. The van der Waals surface area contributed by atoms with Crippen LogP contribution in [-0.4, -0.2) is 25.7 Å². The molecule has 0 unspecified atom stereocenters. The largest absolute Gasteiger partial charge is 0.359 e. The molecule has 2 aromatic heterocycles. The van der Waals surface area contributed by atoms with Gasteiger partial charge in [-0.25, -0.2) is 4.79 Å². The zero-order valence-corrected chi connectivity index (χ0v) is 13.6. The van der Waals surface area contributed by atoms with Gasteiger partial charge < -0.3 is 5.32 Å². The molecule has 0 aliphatic rings. The first-order valence-corrected chi connectivity index (χ1v) is 7.33. The summed E-state index contributed by atoms with van der Waals surface area (Å²) in [5.41, 5.74) is 2.31. The number of imidazole rings is 1. The van der Waals surface area contributed by atoms with Crippen LogP contribution in [0.15, 0.2) is 33.9 Å². The van der Waals surface area contributed by atoms with Crippen molar-refractivity contribution in [1.82, 2.24) is 18.7 Å². The molecule has 0 aliphatic heterocycles. The van der Waals surface area contributed by atoms with E-state index in [9.17, 15) is 9.59 Å². The monoisotopic (exact) mass is 313 g/mol. The van der Waals surface area contributed by atoms with E-state index in [4.69, 9.17) is 0 Å². The van der Waals surface area contributed by atoms with E-state index >= 15 is 0 Å². The van der Waals surface area contributed by atoms with Crippen molar-refractivity contribution in [2.45, 2.75) is 13.5 Å². The third-order valence-corrected chi connectivity index (χ3v) is 4.03. The molecule has 0 amide bonds. The van der Waals surface area contributed by atoms with Crippen LogP contribution in [0, 0.1) is 6.92 Å². The van der Waals surface area contributed by atoms with Crippen molar-refractivity contribution in [2.24, 2.45) is 14.1 Å². The Morgan fingerprint density at radius 1 is 1.09 bits per heavy atom. The molecular formula is C16H19N5O2. The van der Waals surface area contributed by atoms with E-state index in [0.717, 1.165) is 10.1 Å². The third kappa shape index (κ3) is 2.34. The molecular weight excluding hydrogens is 294 g/mol. The predicted octanol–water partition coefficient (Wildman–Crippen LogP) is 0.832. The number of nitrogens with one attached hydrogen (secondary N) is 1. The Bertz CT molecular complexity index is 992. The van der Waals surface area contributed by atoms with Crippen molar-refractivity contribution in [3.63, 3.8) is 0 Å². The molecule has 3 rings (SSSR count). The van der Waals surface area contributed by atoms with Gasteiger partial charge in [-0.3, -0.25) is 18.5 Å². The summed E-state index contributed by atoms with van der Waals surface area (Å²) >= 11 is 0. The second-order valence-corrected chi connectivity index (χ2v) is 5.64. The van der Waals surface area contributed by atoms with Crippen LogP contribution < -0.4 is 16.6 Å². The van der Waals surface area contributed by atoms with E-state index in [1.165, 1.54) is 17.2 Å². The van der Waals surface area contributed by atoms with Gasteiger partial charge in [0.25, 0.3) is 5.56 Å². The Balaban J connectivity index is 2.29. The van der Waals surface area contributed by atoms with Gasteiger partial charge in [0.15, 0.2) is 11.2 Å². The average Bonchev–Trinajstić information content (AvgIpc) is 2.91. The Hall–Kier alpha value is -2.83. The zero-order chi connectivity index (χ0) is 16.7. The number of aryl methyl sites for hydroxylation is 2. The lowest BCUT2D eigenvalue weighted by atomic mass is 10.1. The van der Waals surface area contributed by atoms with Gasteiger partial charge in [0.2, 0.25) is 5.95 Å². The Morgan fingerprint density at radius 2 is 1.74 bits per heavy atom. The standard InChI is InChI=1S/C16H19N5O2/c1-10-5-7-11(8-6-10)9-21-12-13(18-15(21)17-2)19(3)16(23)20(4)14(12)22/h5-8H,9H2,1-4H3,(H,17,18). The van der Waals surface area contributed by atoms with Crippen molar-refractivity contribution in [1.29, 1.82) is 0 Å². The number of rotatable bonds is 3. The van der Waals surface area contributed by atoms with E-state index in [0.29, 0.717) is 23.7 Å². The lowest BCUT2D eigenvalue weighted by Gasteiger charge is -2.09. The minimum absolute atomic E-state index is 0.343. The van der Waals surface area contributed by atoms with Crippen molar-refractivity contribution in [3.8, 4) is 0 Å². The molecule has 1 N–H and O–H groups in total. The first kappa shape index (κ1) is 15.1. The SMILES string of the molecule is CNc1nc2c(c(=O)n(C)c(=O)n2C)n1Cc1ccc(C)cc1. The maximum atomic E-state index is 12.6. The average molecular weight is 313 g/mol. The molecule has 0 aliphatic carbocycles. The fourth-order valence-electron chi connectivity index (χ4n) is 2.67. The van der Waals surface area contributed by atoms with Crippen LogP contribution >= 0.6 is 0 Å². The fraction of sp³-hybridized carbons (Fsp3) is 0.312. The molecule has 0 saturated heterocycles. The van der Waals surface area contributed by atoms with E-state index in [2.05, 4.69) is 10.3 Å². The number of benzene rings is 1. The second-order valence-electron chi connectivity index (χ2n) is 5.64. The number of fused-ring (bicyclic) bond motifs is 1. The molecule has 23 heavy (non-hydrogen) atoms. The first-order chi connectivity index (χ1) is 10.9. The maximum absolute atomic E-state index is 12.6. The molecule has 0 radical (unpaired) electrons. The molecule has 0 atom stereocenters. The molecule has 0 fully saturated rings. The van der Waals surface area contributed by atoms with Crippen molar-refractivity contribution in [3.05, 3.63) is 56.2 Å². The summed E-state index contributed by atoms with van der Waals surface area (Å²) < 4.78 is 4.31. The van der Waals surface area contributed by atoms with Crippen LogP contribution in [-0.2, 0) is 20.6 Å². The molecule has 7 nitrogen and oxygen atoms in total. The van der Waals surface area contributed by atoms with Gasteiger partial charge in [-0.05, 0) is 12.5 Å². The van der Waals surface area contributed by atoms with Crippen LogP contribution in [0.1, 0.15) is 11.1 Å². The summed E-state index contributed by atoms with van der Waals surface area (Å²) in [5, 5.41) is 3.00. The molecule has 0 saturated carbocycles. The van der Waals surface area contributed by atoms with Crippen molar-refractivity contribution >= 4 is 17.1 Å². The van der Waals surface area contributed by atoms with E-state index in [1.807, 2.05) is 35.8 Å². The zero-order valence-electron chi connectivity index (χ0n) is 13.6. The number of hydrogen-bond donors (Lipinski definition) is 1. The molecule has 3 aromatic rings. The Labute approximate surface area is 132 Å². The van der Waals surface area contributed by atoms with Crippen LogP contribution in [0.3, 0.4) is 0 Å². The lowest BCUT2D eigenvalue weighted by molar-refractivity contribution is 0.702. The van der Waals surface area contributed by atoms with Gasteiger partial charge in [0.05, 0.1) is 6.54 Å². The molecule has 0 spiro atoms. The lowest BCUT2D eigenvalue weighted by Crippen LogP contribution is -2.37. The summed E-state index contributed by atoms with van der Waals surface area (Å²) in [6.07, 6.45) is 0. The minimum Gasteiger partial charge on any atom is -0.359 e. The highest BCUT2D eigenvalue weighted by Gasteiger charge is 2.18. The number of aromatic nitrogens is 4. The first-order valence-electron chi connectivity index (χ1n) is 7.33. The number of hydrogen-bond acceptors (Lipinski definition) is 4. The molecule has 2 heterocycles. The highest BCUT2D eigenvalue weighted by molar-refractivity contribution is 5.74. The third-order valence-electron chi connectivity index (χ3n) is 4.03. The highest BCUT2D eigenvalue weighted by Crippen LogP contribution is 2.17. The van der Waals surface area contributed by atoms with Crippen LogP contribution in [0.25, 0.3) is 11.2 Å². The summed E-state index contributed by atoms with van der Waals surface area (Å²) in [5.74, 6) is 0.555. The van der Waals surface area contributed by atoms with Crippen LogP contribution in [0.2, 0.25) is 0 Å². The molecule has 1 aromatic carbocycles. The smallest absolute Gasteiger partial charge is 0.332 e. The van der Waals surface area contributed by atoms with E-state index in [1.54, 1.807) is 14.1 Å². The van der Waals surface area contributed by atoms with Gasteiger partial charge >= 0.3 is 5.69 Å². The van der Waals surface area contributed by atoms with Gasteiger partial charge in [0, 0.05) is 21.1 Å². The van der Waals surface area contributed by atoms with Crippen LogP contribution in [0.5, 0.6) is 0 Å². The number of nitrogens with zero attached hydrogens (tertiary/aromatic N) is 4. The summed E-state index contributed by atoms with van der Waals surface area (Å²) in [7, 11) is 4.84. The van der Waals surface area contributed by atoms with Gasteiger partial charge in [-0.1, -0.05) is 29.8 Å². The molecule has 7 heteroatoms. The summed E-state index contributed by atoms with van der Waals surface area (Å²) in [4.78, 5) is 29.0. The van der Waals surface area contributed by atoms with Gasteiger partial charge in [0.1, 0.15) is 0 Å². The fourth-order valence-corrected chi connectivity index (χ4v) is 2.67. The van der Waals surface area contributed by atoms with Crippen molar-refractivity contribution in [2.75, 3.05) is 12.4 Å². The van der Waals surface area contributed by atoms with E-state index < -0.39 is 0 Å². The highest BCUT2D eigenvalue weighted by atomic mass is 16.2. The minimum atomic E-state index is -0.384. The topological polar surface area (TPSA) is 73.8 Å². The van der Waals surface area contributed by atoms with Gasteiger partial charge in [-0.15, -0.1) is 0 Å². The van der Waals surface area contributed by atoms with E-state index in [-0.39, 0.29) is 11.2 Å². The summed E-state index contributed by atoms with van der Waals surface area (Å²) in [6, 6.07) is 8.10. The molecule has 120 valence electrons. The normalized spacial score (nSPS) is 11.1. The Kier molecular flexibility index (Phi) is 3.55. The summed E-state index contributed by atoms with van der Waals surface area (Å²) in [6.45, 7) is 2.53. The quantitative estimate of drug-likeness (QED) is 0.777. The molecule has 0 bridgehead atoms. The van der Waals surface area contributed by atoms with Gasteiger partial charge in [-0.2, -0.15) is 4.98 Å². The number of anilines is 1. The predicted molar refractivity (Wildman–Crippen MR) is 90.0 cm³/mol.